The zero-order chi connectivity index (χ0) is 11.4. The zero-order valence-corrected chi connectivity index (χ0v) is 8.32. The summed E-state index contributed by atoms with van der Waals surface area (Å²) in [7, 11) is 0. The number of rotatable bonds is 3. The van der Waals surface area contributed by atoms with E-state index in [1.807, 2.05) is 0 Å². The fourth-order valence-corrected chi connectivity index (χ4v) is 1.25. The van der Waals surface area contributed by atoms with Crippen LogP contribution in [0.2, 0.25) is 0 Å². The third kappa shape index (κ3) is 2.50. The lowest BCUT2D eigenvalue weighted by molar-refractivity contribution is 0.617. The van der Waals surface area contributed by atoms with E-state index in [4.69, 9.17) is 0 Å². The molecule has 0 atom stereocenters. The first-order valence-electron chi connectivity index (χ1n) is 4.69. The summed E-state index contributed by atoms with van der Waals surface area (Å²) < 4.78 is 25.9. The van der Waals surface area contributed by atoms with E-state index >= 15 is 0 Å². The molecule has 5 heteroatoms. The van der Waals surface area contributed by atoms with Crippen LogP contribution in [0.4, 0.5) is 14.6 Å². The van der Waals surface area contributed by atoms with Crippen molar-refractivity contribution in [3.05, 3.63) is 54.0 Å². The molecule has 2 aromatic heterocycles. The second-order valence-electron chi connectivity index (χ2n) is 3.20. The lowest BCUT2D eigenvalue weighted by Crippen LogP contribution is -2.03. The van der Waals surface area contributed by atoms with Gasteiger partial charge in [-0.05, 0) is 23.8 Å². The van der Waals surface area contributed by atoms with Gasteiger partial charge in [-0.1, -0.05) is 0 Å². The molecule has 0 spiro atoms. The van der Waals surface area contributed by atoms with Crippen molar-refractivity contribution in [2.45, 2.75) is 6.54 Å². The number of halogens is 2. The minimum Gasteiger partial charge on any atom is -0.364 e. The number of hydrogen-bond donors (Lipinski definition) is 1. The van der Waals surface area contributed by atoms with Crippen LogP contribution in [0.25, 0.3) is 0 Å². The van der Waals surface area contributed by atoms with Crippen molar-refractivity contribution in [2.75, 3.05) is 5.32 Å². The highest BCUT2D eigenvalue weighted by Crippen LogP contribution is 2.10. The predicted octanol–water partition coefficient (Wildman–Crippen LogP) is 2.37. The fraction of sp³-hybridized carbons (Fsp3) is 0.0909. The summed E-state index contributed by atoms with van der Waals surface area (Å²) in [4.78, 5) is 7.51. The molecule has 82 valence electrons. The number of aromatic nitrogens is 2. The topological polar surface area (TPSA) is 37.8 Å². The Hall–Kier alpha value is -2.04. The summed E-state index contributed by atoms with van der Waals surface area (Å²) in [6, 6.07) is 4.14. The molecule has 0 saturated heterocycles. The molecule has 16 heavy (non-hydrogen) atoms. The van der Waals surface area contributed by atoms with Gasteiger partial charge in [-0.25, -0.2) is 13.8 Å². The van der Waals surface area contributed by atoms with E-state index < -0.39 is 11.6 Å². The summed E-state index contributed by atoms with van der Waals surface area (Å²) in [5, 5.41) is 2.76. The van der Waals surface area contributed by atoms with Gasteiger partial charge in [0.1, 0.15) is 5.82 Å². The van der Waals surface area contributed by atoms with Gasteiger partial charge in [-0.15, -0.1) is 0 Å². The van der Waals surface area contributed by atoms with Gasteiger partial charge in [0.2, 0.25) is 0 Å². The molecule has 0 radical (unpaired) electrons. The summed E-state index contributed by atoms with van der Waals surface area (Å²) in [6.07, 6.45) is 4.11. The first-order chi connectivity index (χ1) is 7.75. The second-order valence-corrected chi connectivity index (χ2v) is 3.20. The van der Waals surface area contributed by atoms with E-state index in [0.717, 1.165) is 6.20 Å². The van der Waals surface area contributed by atoms with Gasteiger partial charge in [0.05, 0.1) is 6.20 Å². The largest absolute Gasteiger partial charge is 0.364 e. The number of nitrogens with one attached hydrogen (secondary N) is 1. The molecule has 0 aliphatic heterocycles. The van der Waals surface area contributed by atoms with Crippen molar-refractivity contribution in [1.29, 1.82) is 0 Å². The summed E-state index contributed by atoms with van der Waals surface area (Å²) in [5.74, 6) is -0.709. The Kier molecular flexibility index (Phi) is 3.05. The number of nitrogens with zero attached hydrogens (tertiary/aromatic N) is 2. The average Bonchev–Trinajstić information content (AvgIpc) is 2.28. The normalized spacial score (nSPS) is 10.1. The van der Waals surface area contributed by atoms with E-state index in [9.17, 15) is 8.78 Å². The van der Waals surface area contributed by atoms with Crippen molar-refractivity contribution >= 4 is 5.82 Å². The van der Waals surface area contributed by atoms with Crippen LogP contribution in [0.15, 0.2) is 36.8 Å². The standard InChI is InChI=1S/C11H9F2N3/c12-9-4-8(5-14-7-9)6-16-11-10(13)2-1-3-15-11/h1-5,7H,6H2,(H,15,16). The van der Waals surface area contributed by atoms with Crippen molar-refractivity contribution in [1.82, 2.24) is 9.97 Å². The zero-order valence-electron chi connectivity index (χ0n) is 8.32. The van der Waals surface area contributed by atoms with Crippen LogP contribution < -0.4 is 5.32 Å². The molecule has 1 N–H and O–H groups in total. The van der Waals surface area contributed by atoms with E-state index in [2.05, 4.69) is 15.3 Å². The van der Waals surface area contributed by atoms with E-state index in [0.29, 0.717) is 5.56 Å². The van der Waals surface area contributed by atoms with Gasteiger partial charge in [0.15, 0.2) is 11.6 Å². The summed E-state index contributed by atoms with van der Waals surface area (Å²) in [5.41, 5.74) is 0.630. The highest BCUT2D eigenvalue weighted by molar-refractivity contribution is 5.36. The van der Waals surface area contributed by atoms with Gasteiger partial charge in [-0.3, -0.25) is 4.98 Å². The molecule has 0 amide bonds. The average molecular weight is 221 g/mol. The Bertz CT molecular complexity index is 488. The molecule has 0 aliphatic rings. The smallest absolute Gasteiger partial charge is 0.165 e. The Balaban J connectivity index is 2.05. The molecule has 0 aromatic carbocycles. The minimum absolute atomic E-state index is 0.145. The molecule has 0 aliphatic carbocycles. The van der Waals surface area contributed by atoms with Crippen LogP contribution in [0.3, 0.4) is 0 Å². The highest BCUT2D eigenvalue weighted by atomic mass is 19.1. The van der Waals surface area contributed by atoms with Crippen molar-refractivity contribution in [2.24, 2.45) is 0 Å². The molecule has 2 heterocycles. The van der Waals surface area contributed by atoms with Crippen molar-refractivity contribution < 1.29 is 8.78 Å². The molecule has 3 nitrogen and oxygen atoms in total. The molecule has 0 bridgehead atoms. The lowest BCUT2D eigenvalue weighted by Gasteiger charge is -2.05. The maximum Gasteiger partial charge on any atom is 0.165 e. The highest BCUT2D eigenvalue weighted by Gasteiger charge is 2.02. The Morgan fingerprint density at radius 3 is 2.88 bits per heavy atom. The SMILES string of the molecule is Fc1cncc(CNc2ncccc2F)c1. The van der Waals surface area contributed by atoms with E-state index in [1.165, 1.54) is 30.6 Å². The Labute approximate surface area is 91.2 Å². The van der Waals surface area contributed by atoms with E-state index in [1.54, 1.807) is 0 Å². The van der Waals surface area contributed by atoms with Crippen LogP contribution in [-0.2, 0) is 6.54 Å². The fourth-order valence-electron chi connectivity index (χ4n) is 1.25. The van der Waals surface area contributed by atoms with Crippen molar-refractivity contribution in [3.63, 3.8) is 0 Å². The van der Waals surface area contributed by atoms with Crippen LogP contribution in [0.5, 0.6) is 0 Å². The van der Waals surface area contributed by atoms with Crippen LogP contribution in [-0.4, -0.2) is 9.97 Å². The van der Waals surface area contributed by atoms with Crippen LogP contribution in [0.1, 0.15) is 5.56 Å². The summed E-state index contributed by atoms with van der Waals surface area (Å²) >= 11 is 0. The minimum atomic E-state index is -0.438. The molecule has 0 saturated carbocycles. The molecule has 2 aromatic rings. The number of pyridine rings is 2. The summed E-state index contributed by atoms with van der Waals surface area (Å²) in [6.45, 7) is 0.276. The Morgan fingerprint density at radius 1 is 1.25 bits per heavy atom. The number of anilines is 1. The molecule has 2 rings (SSSR count). The lowest BCUT2D eigenvalue weighted by atomic mass is 10.3. The van der Waals surface area contributed by atoms with Gasteiger partial charge in [0, 0.05) is 18.9 Å². The van der Waals surface area contributed by atoms with Crippen LogP contribution >= 0.6 is 0 Å². The maximum absolute atomic E-state index is 13.2. The number of hydrogen-bond acceptors (Lipinski definition) is 3. The Morgan fingerprint density at radius 2 is 2.12 bits per heavy atom. The molecule has 0 fully saturated rings. The maximum atomic E-state index is 13.2. The third-order valence-electron chi connectivity index (χ3n) is 1.98. The first-order valence-corrected chi connectivity index (χ1v) is 4.69. The predicted molar refractivity (Wildman–Crippen MR) is 55.7 cm³/mol. The molecular formula is C11H9F2N3. The van der Waals surface area contributed by atoms with E-state index in [-0.39, 0.29) is 12.4 Å². The van der Waals surface area contributed by atoms with Gasteiger partial charge >= 0.3 is 0 Å². The second kappa shape index (κ2) is 4.65. The monoisotopic (exact) mass is 221 g/mol. The first kappa shape index (κ1) is 10.5. The van der Waals surface area contributed by atoms with Gasteiger partial charge in [0.25, 0.3) is 0 Å². The third-order valence-corrected chi connectivity index (χ3v) is 1.98. The van der Waals surface area contributed by atoms with Crippen molar-refractivity contribution in [3.8, 4) is 0 Å². The molecular weight excluding hydrogens is 212 g/mol. The van der Waals surface area contributed by atoms with Gasteiger partial charge in [-0.2, -0.15) is 0 Å². The molecule has 0 unspecified atom stereocenters. The van der Waals surface area contributed by atoms with Crippen LogP contribution in [0, 0.1) is 11.6 Å². The quantitative estimate of drug-likeness (QED) is 0.864. The van der Waals surface area contributed by atoms with Gasteiger partial charge < -0.3 is 5.32 Å².